The Morgan fingerprint density at radius 2 is 0.943 bits per heavy atom. The van der Waals surface area contributed by atoms with Crippen molar-refractivity contribution >= 4 is 23.1 Å². The van der Waals surface area contributed by atoms with Crippen LogP contribution in [-0.4, -0.2) is 56.7 Å². The molecule has 1 N–H and O–H groups in total. The molecule has 3 rings (SSSR count). The third kappa shape index (κ3) is 5.14. The fourth-order valence-electron chi connectivity index (χ4n) is 3.35. The summed E-state index contributed by atoms with van der Waals surface area (Å²) in [4.78, 5) is 51.6. The smallest absolute Gasteiger partial charge is 0.237 e. The van der Waals surface area contributed by atoms with E-state index < -0.39 is 28.9 Å². The van der Waals surface area contributed by atoms with Crippen LogP contribution in [0.4, 0.5) is 0 Å². The molecule has 3 aromatic carbocycles. The van der Waals surface area contributed by atoms with E-state index >= 15 is 0 Å². The minimum atomic E-state index is -1.01. The maximum atomic E-state index is 12.9. The highest BCUT2D eigenvalue weighted by Gasteiger charge is 2.27. The fraction of sp³-hybridized carbons (Fsp3) is 0.154. The lowest BCUT2D eigenvalue weighted by atomic mass is 9.95. The monoisotopic (exact) mass is 478 g/mol. The van der Waals surface area contributed by atoms with Crippen LogP contribution in [0.1, 0.15) is 41.4 Å². The third-order valence-corrected chi connectivity index (χ3v) is 5.16. The van der Waals surface area contributed by atoms with E-state index in [1.165, 1.54) is 64.8 Å². The highest BCUT2D eigenvalue weighted by Crippen LogP contribution is 2.28. The van der Waals surface area contributed by atoms with Gasteiger partial charge in [-0.05, 0) is 42.5 Å². The predicted octanol–water partition coefficient (Wildman–Crippen LogP) is 3.56. The zero-order valence-electron chi connectivity index (χ0n) is 19.4. The van der Waals surface area contributed by atoms with E-state index in [9.17, 15) is 24.3 Å². The molecule has 180 valence electrons. The lowest BCUT2D eigenvalue weighted by molar-refractivity contribution is 0.0810. The van der Waals surface area contributed by atoms with Gasteiger partial charge in [0.2, 0.25) is 23.1 Å². The van der Waals surface area contributed by atoms with E-state index in [0.717, 1.165) is 18.2 Å². The van der Waals surface area contributed by atoms with Gasteiger partial charge in [-0.1, -0.05) is 0 Å². The zero-order valence-corrected chi connectivity index (χ0v) is 19.4. The number of hydrogen-bond donors (Lipinski definition) is 1. The highest BCUT2D eigenvalue weighted by molar-refractivity contribution is 6.51. The summed E-state index contributed by atoms with van der Waals surface area (Å²) in [6, 6.07) is 11.7. The summed E-state index contributed by atoms with van der Waals surface area (Å²) in [5, 5.41) is 10.1. The molecule has 0 saturated heterocycles. The number of aromatic hydroxyl groups is 1. The minimum Gasteiger partial charge on any atom is -0.508 e. The van der Waals surface area contributed by atoms with Crippen molar-refractivity contribution in [3.8, 4) is 28.7 Å². The van der Waals surface area contributed by atoms with Gasteiger partial charge >= 0.3 is 0 Å². The predicted molar refractivity (Wildman–Crippen MR) is 125 cm³/mol. The molecule has 0 unspecified atom stereocenters. The second-order valence-corrected chi connectivity index (χ2v) is 7.22. The SMILES string of the molecule is COc1ccc(C(=O)C(=O)c2cc(O)cc(C(=O)C(=O)c3ccc(OC)cc3OC)c2)c(OC)c1. The van der Waals surface area contributed by atoms with Gasteiger partial charge in [0.05, 0.1) is 39.6 Å². The Kier molecular flexibility index (Phi) is 7.50. The third-order valence-electron chi connectivity index (χ3n) is 5.16. The van der Waals surface area contributed by atoms with Gasteiger partial charge in [-0.2, -0.15) is 0 Å². The summed E-state index contributed by atoms with van der Waals surface area (Å²) in [5.41, 5.74) is -0.612. The lowest BCUT2D eigenvalue weighted by Crippen LogP contribution is -2.18. The highest BCUT2D eigenvalue weighted by atomic mass is 16.5. The van der Waals surface area contributed by atoms with Crippen molar-refractivity contribution < 1.29 is 43.2 Å². The number of rotatable bonds is 10. The van der Waals surface area contributed by atoms with Crippen LogP contribution in [0.15, 0.2) is 54.6 Å². The number of Topliss-reactive ketones (excluding diaryl/α,β-unsaturated/α-hetero) is 4. The Bertz CT molecular complexity index is 1230. The second kappa shape index (κ2) is 10.5. The van der Waals surface area contributed by atoms with Crippen molar-refractivity contribution in [2.75, 3.05) is 28.4 Å². The molecule has 0 aromatic heterocycles. The largest absolute Gasteiger partial charge is 0.508 e. The van der Waals surface area contributed by atoms with Gasteiger partial charge < -0.3 is 24.1 Å². The first kappa shape index (κ1) is 25.0. The van der Waals surface area contributed by atoms with Gasteiger partial charge in [0.15, 0.2) is 0 Å². The summed E-state index contributed by atoms with van der Waals surface area (Å²) in [6.07, 6.45) is 0. The zero-order chi connectivity index (χ0) is 25.7. The Hall–Kier alpha value is -4.66. The van der Waals surface area contributed by atoms with Gasteiger partial charge in [-0.3, -0.25) is 19.2 Å². The first-order chi connectivity index (χ1) is 16.7. The van der Waals surface area contributed by atoms with Crippen LogP contribution in [0.25, 0.3) is 0 Å². The molecule has 0 radical (unpaired) electrons. The van der Waals surface area contributed by atoms with Crippen molar-refractivity contribution in [1.29, 1.82) is 0 Å². The number of hydrogen-bond acceptors (Lipinski definition) is 9. The molecular weight excluding hydrogens is 456 g/mol. The number of benzene rings is 3. The number of carbonyl (C=O) groups is 4. The number of phenolic OH excluding ortho intramolecular Hbond substituents is 1. The van der Waals surface area contributed by atoms with E-state index in [4.69, 9.17) is 18.9 Å². The van der Waals surface area contributed by atoms with E-state index in [1.807, 2.05) is 0 Å². The molecule has 0 saturated carbocycles. The van der Waals surface area contributed by atoms with Crippen molar-refractivity contribution in [2.45, 2.75) is 0 Å². The lowest BCUT2D eigenvalue weighted by Gasteiger charge is -2.11. The maximum Gasteiger partial charge on any atom is 0.237 e. The maximum absolute atomic E-state index is 12.9. The van der Waals surface area contributed by atoms with Crippen LogP contribution >= 0.6 is 0 Å². The second-order valence-electron chi connectivity index (χ2n) is 7.22. The Morgan fingerprint density at radius 3 is 1.29 bits per heavy atom. The summed E-state index contributed by atoms with van der Waals surface area (Å²) in [5.74, 6) is -3.29. The molecule has 0 heterocycles. The Labute approximate surface area is 200 Å². The van der Waals surface area contributed by atoms with Crippen LogP contribution < -0.4 is 18.9 Å². The molecule has 0 fully saturated rings. The van der Waals surface area contributed by atoms with E-state index in [0.29, 0.717) is 11.5 Å². The number of ether oxygens (including phenoxy) is 4. The molecule has 9 nitrogen and oxygen atoms in total. The van der Waals surface area contributed by atoms with Gasteiger partial charge in [-0.25, -0.2) is 0 Å². The summed E-state index contributed by atoms with van der Waals surface area (Å²) in [6.45, 7) is 0. The molecule has 0 aliphatic rings. The van der Waals surface area contributed by atoms with Crippen LogP contribution in [0, 0.1) is 0 Å². The van der Waals surface area contributed by atoms with E-state index in [1.54, 1.807) is 0 Å². The Balaban J connectivity index is 1.95. The van der Waals surface area contributed by atoms with Gasteiger partial charge in [0.25, 0.3) is 0 Å². The quantitative estimate of drug-likeness (QED) is 0.344. The molecule has 0 atom stereocenters. The summed E-state index contributed by atoms with van der Waals surface area (Å²) < 4.78 is 20.5. The summed E-state index contributed by atoms with van der Waals surface area (Å²) >= 11 is 0. The van der Waals surface area contributed by atoms with Crippen molar-refractivity contribution in [2.24, 2.45) is 0 Å². The van der Waals surface area contributed by atoms with Gasteiger partial charge in [0.1, 0.15) is 28.7 Å². The summed E-state index contributed by atoms with van der Waals surface area (Å²) in [7, 11) is 5.55. The molecule has 0 aliphatic heterocycles. The van der Waals surface area contributed by atoms with E-state index in [-0.39, 0.29) is 33.8 Å². The average Bonchev–Trinajstić information content (AvgIpc) is 2.90. The van der Waals surface area contributed by atoms with Crippen molar-refractivity contribution in [3.05, 3.63) is 76.9 Å². The molecule has 0 amide bonds. The molecule has 0 spiro atoms. The first-order valence-corrected chi connectivity index (χ1v) is 10.2. The van der Waals surface area contributed by atoms with Crippen molar-refractivity contribution in [1.82, 2.24) is 0 Å². The average molecular weight is 478 g/mol. The molecule has 35 heavy (non-hydrogen) atoms. The van der Waals surface area contributed by atoms with Gasteiger partial charge in [-0.15, -0.1) is 0 Å². The van der Waals surface area contributed by atoms with E-state index in [2.05, 4.69) is 0 Å². The topological polar surface area (TPSA) is 125 Å². The number of ketones is 4. The fourth-order valence-corrected chi connectivity index (χ4v) is 3.35. The molecular formula is C26H22O9. The number of methoxy groups -OCH3 is 4. The van der Waals surface area contributed by atoms with Crippen molar-refractivity contribution in [3.63, 3.8) is 0 Å². The van der Waals surface area contributed by atoms with Crippen LogP contribution in [0.3, 0.4) is 0 Å². The molecule has 0 aliphatic carbocycles. The minimum absolute atomic E-state index is 0.0337. The molecule has 0 bridgehead atoms. The first-order valence-electron chi connectivity index (χ1n) is 10.2. The Morgan fingerprint density at radius 1 is 0.543 bits per heavy atom. The van der Waals surface area contributed by atoms with Crippen LogP contribution in [0.5, 0.6) is 28.7 Å². The van der Waals surface area contributed by atoms with Gasteiger partial charge in [0, 0.05) is 23.3 Å². The standard InChI is InChI=1S/C26H22O9/c1-32-17-5-7-19(21(12-17)34-3)25(30)23(28)14-9-15(11-16(27)10-14)24(29)26(31)20-8-6-18(33-2)13-22(20)35-4/h5-13,27H,1-4H3. The van der Waals surface area contributed by atoms with Crippen LogP contribution in [-0.2, 0) is 0 Å². The number of phenols is 1. The molecule has 9 heteroatoms. The number of carbonyl (C=O) groups excluding carboxylic acids is 4. The normalized spacial score (nSPS) is 10.3. The van der Waals surface area contributed by atoms with Crippen LogP contribution in [0.2, 0.25) is 0 Å². The molecule has 3 aromatic rings.